The molecule has 0 saturated heterocycles. The third kappa shape index (κ3) is 3.53. The second kappa shape index (κ2) is 5.85. The molecule has 1 aromatic heterocycles. The highest BCUT2D eigenvalue weighted by molar-refractivity contribution is 7.10. The molecule has 0 aliphatic carbocycles. The van der Waals surface area contributed by atoms with Gasteiger partial charge in [-0.25, -0.2) is 0 Å². The molecule has 0 bridgehead atoms. The molecule has 1 aromatic rings. The van der Waals surface area contributed by atoms with E-state index in [1.54, 1.807) is 11.3 Å². The first-order valence-corrected chi connectivity index (χ1v) is 5.82. The molecule has 1 rings (SSSR count). The van der Waals surface area contributed by atoms with Gasteiger partial charge in [-0.3, -0.25) is 5.32 Å². The van der Waals surface area contributed by atoms with Crippen molar-refractivity contribution >= 4 is 11.3 Å². The van der Waals surface area contributed by atoms with Crippen molar-refractivity contribution in [1.29, 1.82) is 0 Å². The van der Waals surface area contributed by atoms with E-state index < -0.39 is 0 Å². The van der Waals surface area contributed by atoms with Gasteiger partial charge in [-0.1, -0.05) is 25.8 Å². The zero-order valence-electron chi connectivity index (χ0n) is 8.79. The third-order valence-electron chi connectivity index (χ3n) is 2.04. The van der Waals surface area contributed by atoms with Gasteiger partial charge < -0.3 is 0 Å². The Morgan fingerprint density at radius 3 is 2.86 bits per heavy atom. The average molecular weight is 207 g/mol. The second-order valence-electron chi connectivity index (χ2n) is 3.78. The number of hydrogen-bond acceptors (Lipinski definition) is 2. The van der Waals surface area contributed by atoms with E-state index in [0.717, 1.165) is 6.42 Å². The lowest BCUT2D eigenvalue weighted by molar-refractivity contribution is 0.452. The van der Waals surface area contributed by atoms with Crippen LogP contribution < -0.4 is 5.32 Å². The van der Waals surface area contributed by atoms with E-state index in [-0.39, 0.29) is 0 Å². The molecule has 76 valence electrons. The van der Waals surface area contributed by atoms with Crippen molar-refractivity contribution in [3.05, 3.63) is 22.4 Å². The summed E-state index contributed by atoms with van der Waals surface area (Å²) in [5.74, 6) is 3.31. The second-order valence-corrected chi connectivity index (χ2v) is 4.76. The SMILES string of the molecule is C#CCNC(CC(C)C)c1cccs1. The molecule has 1 unspecified atom stereocenters. The number of thiophene rings is 1. The first-order chi connectivity index (χ1) is 6.74. The molecule has 0 amide bonds. The summed E-state index contributed by atoms with van der Waals surface area (Å²) in [4.78, 5) is 1.38. The Morgan fingerprint density at radius 2 is 2.36 bits per heavy atom. The first kappa shape index (κ1) is 11.3. The highest BCUT2D eigenvalue weighted by Gasteiger charge is 2.12. The number of terminal acetylenes is 1. The maximum Gasteiger partial charge on any atom is 0.0578 e. The highest BCUT2D eigenvalue weighted by Crippen LogP contribution is 2.24. The van der Waals surface area contributed by atoms with E-state index in [4.69, 9.17) is 6.42 Å². The zero-order chi connectivity index (χ0) is 10.4. The molecule has 2 heteroatoms. The van der Waals surface area contributed by atoms with Crippen LogP contribution in [0.25, 0.3) is 0 Å². The maximum atomic E-state index is 5.25. The van der Waals surface area contributed by atoms with Crippen LogP contribution in [0, 0.1) is 18.3 Å². The molecule has 0 aliphatic heterocycles. The lowest BCUT2D eigenvalue weighted by Crippen LogP contribution is -2.22. The number of nitrogens with one attached hydrogen (secondary N) is 1. The minimum atomic E-state index is 0.422. The molecule has 0 fully saturated rings. The summed E-state index contributed by atoms with van der Waals surface area (Å²) in [7, 11) is 0. The van der Waals surface area contributed by atoms with Gasteiger partial charge in [-0.15, -0.1) is 17.8 Å². The predicted octanol–water partition coefficient (Wildman–Crippen LogP) is 3.06. The minimum absolute atomic E-state index is 0.422. The average Bonchev–Trinajstić information content (AvgIpc) is 2.64. The Morgan fingerprint density at radius 1 is 1.57 bits per heavy atom. The monoisotopic (exact) mass is 207 g/mol. The lowest BCUT2D eigenvalue weighted by atomic mass is 10.0. The van der Waals surface area contributed by atoms with Gasteiger partial charge in [0.25, 0.3) is 0 Å². The van der Waals surface area contributed by atoms with Crippen molar-refractivity contribution in [2.75, 3.05) is 6.54 Å². The molecular formula is C12H17NS. The number of rotatable bonds is 5. The molecular weight excluding hydrogens is 190 g/mol. The van der Waals surface area contributed by atoms with Crippen molar-refractivity contribution in [3.8, 4) is 12.3 Å². The Labute approximate surface area is 90.5 Å². The molecule has 0 saturated carbocycles. The molecule has 1 heterocycles. The fraction of sp³-hybridized carbons (Fsp3) is 0.500. The Balaban J connectivity index is 2.58. The van der Waals surface area contributed by atoms with Gasteiger partial charge in [-0.05, 0) is 23.8 Å². The fourth-order valence-corrected chi connectivity index (χ4v) is 2.26. The summed E-state index contributed by atoms with van der Waals surface area (Å²) in [5.41, 5.74) is 0. The van der Waals surface area contributed by atoms with Crippen molar-refractivity contribution in [1.82, 2.24) is 5.32 Å². The summed E-state index contributed by atoms with van der Waals surface area (Å²) in [5, 5.41) is 5.49. The summed E-state index contributed by atoms with van der Waals surface area (Å²) in [6.07, 6.45) is 6.39. The first-order valence-electron chi connectivity index (χ1n) is 4.94. The van der Waals surface area contributed by atoms with Crippen molar-refractivity contribution in [3.63, 3.8) is 0 Å². The predicted molar refractivity (Wildman–Crippen MR) is 63.4 cm³/mol. The van der Waals surface area contributed by atoms with Gasteiger partial charge in [0.2, 0.25) is 0 Å². The van der Waals surface area contributed by atoms with Gasteiger partial charge in [-0.2, -0.15) is 0 Å². The van der Waals surface area contributed by atoms with E-state index in [1.165, 1.54) is 4.88 Å². The smallest absolute Gasteiger partial charge is 0.0578 e. The van der Waals surface area contributed by atoms with Crippen LogP contribution in [-0.4, -0.2) is 6.54 Å². The summed E-state index contributed by atoms with van der Waals surface area (Å²) in [6, 6.07) is 4.68. The van der Waals surface area contributed by atoms with Crippen LogP contribution in [0.2, 0.25) is 0 Å². The molecule has 1 N–H and O–H groups in total. The van der Waals surface area contributed by atoms with Crippen LogP contribution >= 0.6 is 11.3 Å². The quantitative estimate of drug-likeness (QED) is 0.732. The van der Waals surface area contributed by atoms with Crippen LogP contribution in [0.15, 0.2) is 17.5 Å². The van der Waals surface area contributed by atoms with Crippen LogP contribution in [0.4, 0.5) is 0 Å². The van der Waals surface area contributed by atoms with Crippen LogP contribution in [0.1, 0.15) is 31.2 Å². The summed E-state index contributed by atoms with van der Waals surface area (Å²) < 4.78 is 0. The zero-order valence-corrected chi connectivity index (χ0v) is 9.60. The van der Waals surface area contributed by atoms with E-state index in [0.29, 0.717) is 18.5 Å². The van der Waals surface area contributed by atoms with Crippen LogP contribution in [0.3, 0.4) is 0 Å². The summed E-state index contributed by atoms with van der Waals surface area (Å²) >= 11 is 1.79. The van der Waals surface area contributed by atoms with E-state index in [2.05, 4.69) is 42.6 Å². The molecule has 0 aromatic carbocycles. The standard InChI is InChI=1S/C12H17NS/c1-4-7-13-11(9-10(2)3)12-6-5-8-14-12/h1,5-6,8,10-11,13H,7,9H2,2-3H3. The Hall–Kier alpha value is -0.780. The van der Waals surface area contributed by atoms with E-state index >= 15 is 0 Å². The Bertz CT molecular complexity index is 282. The third-order valence-corrected chi connectivity index (χ3v) is 3.03. The fourth-order valence-electron chi connectivity index (χ4n) is 1.44. The van der Waals surface area contributed by atoms with Crippen molar-refractivity contribution in [2.45, 2.75) is 26.3 Å². The van der Waals surface area contributed by atoms with E-state index in [9.17, 15) is 0 Å². The largest absolute Gasteiger partial charge is 0.299 e. The lowest BCUT2D eigenvalue weighted by Gasteiger charge is -2.17. The molecule has 14 heavy (non-hydrogen) atoms. The Kier molecular flexibility index (Phi) is 4.72. The summed E-state index contributed by atoms with van der Waals surface area (Å²) in [6.45, 7) is 5.12. The molecule has 0 spiro atoms. The van der Waals surface area contributed by atoms with Crippen molar-refractivity contribution in [2.24, 2.45) is 5.92 Å². The number of hydrogen-bond donors (Lipinski definition) is 1. The van der Waals surface area contributed by atoms with Crippen LogP contribution in [0.5, 0.6) is 0 Å². The van der Waals surface area contributed by atoms with Gasteiger partial charge in [0.05, 0.1) is 6.54 Å². The molecule has 1 nitrogen and oxygen atoms in total. The maximum absolute atomic E-state index is 5.25. The van der Waals surface area contributed by atoms with Gasteiger partial charge in [0.15, 0.2) is 0 Å². The highest BCUT2D eigenvalue weighted by atomic mass is 32.1. The van der Waals surface area contributed by atoms with Crippen LogP contribution in [-0.2, 0) is 0 Å². The van der Waals surface area contributed by atoms with E-state index in [1.807, 2.05) is 0 Å². The topological polar surface area (TPSA) is 12.0 Å². The molecule has 0 radical (unpaired) electrons. The minimum Gasteiger partial charge on any atom is -0.299 e. The van der Waals surface area contributed by atoms with Gasteiger partial charge >= 0.3 is 0 Å². The normalized spacial score (nSPS) is 12.7. The van der Waals surface area contributed by atoms with Gasteiger partial charge in [0.1, 0.15) is 0 Å². The van der Waals surface area contributed by atoms with Crippen molar-refractivity contribution < 1.29 is 0 Å². The molecule has 1 atom stereocenters. The van der Waals surface area contributed by atoms with Gasteiger partial charge in [0, 0.05) is 10.9 Å². The molecule has 0 aliphatic rings.